The van der Waals surface area contributed by atoms with Gasteiger partial charge in [-0.1, -0.05) is 72.4 Å². The lowest BCUT2D eigenvalue weighted by Gasteiger charge is -2.19. The van der Waals surface area contributed by atoms with Crippen molar-refractivity contribution in [3.63, 3.8) is 0 Å². The monoisotopic (exact) mass is 537 g/mol. The third kappa shape index (κ3) is 4.68. The molecule has 0 N–H and O–H groups in total. The van der Waals surface area contributed by atoms with E-state index in [0.29, 0.717) is 11.7 Å². The number of hydrogen-bond donors (Lipinski definition) is 0. The molecule has 0 radical (unpaired) electrons. The molecule has 0 bridgehead atoms. The average molecular weight is 538 g/mol. The van der Waals surface area contributed by atoms with E-state index >= 15 is 0 Å². The minimum absolute atomic E-state index is 0.00573. The van der Waals surface area contributed by atoms with Gasteiger partial charge in [-0.3, -0.25) is 9.69 Å². The number of methoxy groups -OCH3 is 1. The van der Waals surface area contributed by atoms with Crippen LogP contribution in [0.3, 0.4) is 0 Å². The van der Waals surface area contributed by atoms with Gasteiger partial charge in [-0.05, 0) is 65.7 Å². The van der Waals surface area contributed by atoms with Crippen LogP contribution in [0.15, 0.2) is 111 Å². The molecule has 4 aromatic rings. The number of rotatable bonds is 6. The van der Waals surface area contributed by atoms with Gasteiger partial charge in [0.2, 0.25) is 0 Å². The van der Waals surface area contributed by atoms with Gasteiger partial charge in [0.15, 0.2) is 5.17 Å². The topological polar surface area (TPSA) is 45.1 Å². The molecule has 0 aromatic heterocycles. The van der Waals surface area contributed by atoms with E-state index in [0.717, 1.165) is 50.3 Å². The summed E-state index contributed by atoms with van der Waals surface area (Å²) in [5, 5.41) is 3.98. The fourth-order valence-electron chi connectivity index (χ4n) is 4.73. The molecule has 2 aliphatic rings. The van der Waals surface area contributed by atoms with E-state index in [1.165, 1.54) is 22.7 Å². The summed E-state index contributed by atoms with van der Waals surface area (Å²) >= 11 is 3.11. The lowest BCUT2D eigenvalue weighted by molar-refractivity contribution is -0.122. The summed E-state index contributed by atoms with van der Waals surface area (Å²) < 4.78 is 5.47. The van der Waals surface area contributed by atoms with Crippen molar-refractivity contribution in [3.05, 3.63) is 106 Å². The zero-order valence-electron chi connectivity index (χ0n) is 21.3. The normalized spacial score (nSPS) is 18.1. The van der Waals surface area contributed by atoms with E-state index in [4.69, 9.17) is 9.73 Å². The Labute approximate surface area is 231 Å². The number of aliphatic imine (C=N–C) groups is 1. The summed E-state index contributed by atoms with van der Waals surface area (Å²) in [5.41, 5.74) is 3.11. The molecule has 1 saturated heterocycles. The number of hydrogen-bond acceptors (Lipinski definition) is 6. The summed E-state index contributed by atoms with van der Waals surface area (Å²) in [4.78, 5) is 24.9. The van der Waals surface area contributed by atoms with E-state index in [-0.39, 0.29) is 5.91 Å². The smallest absolute Gasteiger partial charge is 0.269 e. The van der Waals surface area contributed by atoms with Gasteiger partial charge in [-0.2, -0.15) is 0 Å². The molecule has 6 rings (SSSR count). The van der Waals surface area contributed by atoms with Gasteiger partial charge in [-0.15, -0.1) is 0 Å². The molecule has 4 aromatic carbocycles. The largest absolute Gasteiger partial charge is 0.497 e. The van der Waals surface area contributed by atoms with Crippen LogP contribution in [-0.4, -0.2) is 36.2 Å². The second-order valence-electron chi connectivity index (χ2n) is 9.03. The number of amidine groups is 1. The van der Waals surface area contributed by atoms with Crippen molar-refractivity contribution in [3.8, 4) is 5.75 Å². The van der Waals surface area contributed by atoms with Crippen molar-refractivity contribution in [2.45, 2.75) is 18.2 Å². The maximum absolute atomic E-state index is 14.0. The second kappa shape index (κ2) is 10.6. The number of fused-ring (bicyclic) bond motifs is 2. The highest BCUT2D eigenvalue weighted by atomic mass is 32.2. The maximum Gasteiger partial charge on any atom is 0.269 e. The predicted molar refractivity (Wildman–Crippen MR) is 159 cm³/mol. The Morgan fingerprint density at radius 2 is 1.63 bits per heavy atom. The number of carbonyl (C=O) groups excluding carboxylic acids is 1. The Morgan fingerprint density at radius 1 is 0.842 bits per heavy atom. The van der Waals surface area contributed by atoms with Crippen LogP contribution in [0, 0.1) is 0 Å². The van der Waals surface area contributed by atoms with Crippen LogP contribution in [0.1, 0.15) is 12.5 Å². The van der Waals surface area contributed by atoms with Crippen molar-refractivity contribution >= 4 is 56.7 Å². The first kappa shape index (κ1) is 24.6. The molecular formula is C31H27N3O2S2. The van der Waals surface area contributed by atoms with Crippen molar-refractivity contribution in [2.24, 2.45) is 4.99 Å². The number of ether oxygens (including phenoxy) is 1. The van der Waals surface area contributed by atoms with Crippen LogP contribution in [0.25, 0.3) is 10.8 Å². The molecule has 38 heavy (non-hydrogen) atoms. The molecule has 0 saturated carbocycles. The van der Waals surface area contributed by atoms with Gasteiger partial charge in [0.05, 0.1) is 18.5 Å². The van der Waals surface area contributed by atoms with Gasteiger partial charge in [-0.25, -0.2) is 4.99 Å². The van der Waals surface area contributed by atoms with Crippen molar-refractivity contribution in [2.75, 3.05) is 25.1 Å². The van der Waals surface area contributed by atoms with Crippen molar-refractivity contribution in [1.82, 2.24) is 4.90 Å². The van der Waals surface area contributed by atoms with Gasteiger partial charge >= 0.3 is 0 Å². The van der Waals surface area contributed by atoms with Gasteiger partial charge in [0, 0.05) is 24.1 Å². The Balaban J connectivity index is 1.39. The lowest BCUT2D eigenvalue weighted by Crippen LogP contribution is -2.32. The van der Waals surface area contributed by atoms with E-state index in [1.54, 1.807) is 18.9 Å². The highest BCUT2D eigenvalue weighted by Gasteiger charge is 2.39. The molecule has 2 aliphatic heterocycles. The van der Waals surface area contributed by atoms with E-state index < -0.39 is 0 Å². The summed E-state index contributed by atoms with van der Waals surface area (Å²) in [7, 11) is 1.68. The maximum atomic E-state index is 14.0. The van der Waals surface area contributed by atoms with Crippen molar-refractivity contribution in [1.29, 1.82) is 0 Å². The molecule has 0 aliphatic carbocycles. The SMILES string of the molecule is CCN1/C(=C2/SC(=Nc3ccc4ccccc4c3)N(CCc3ccccc3)C2=O)Sc2ccc(OC)cc21. The lowest BCUT2D eigenvalue weighted by atomic mass is 10.1. The number of thioether (sulfide) groups is 2. The zero-order valence-corrected chi connectivity index (χ0v) is 22.9. The summed E-state index contributed by atoms with van der Waals surface area (Å²) in [5.74, 6) is 0.814. The third-order valence-electron chi connectivity index (χ3n) is 6.71. The summed E-state index contributed by atoms with van der Waals surface area (Å²) in [6.45, 7) is 3.43. The molecule has 0 atom stereocenters. The molecule has 190 valence electrons. The summed E-state index contributed by atoms with van der Waals surface area (Å²) in [6, 6.07) is 30.8. The minimum atomic E-state index is 0.00573. The first-order valence-electron chi connectivity index (χ1n) is 12.6. The second-order valence-corrected chi connectivity index (χ2v) is 11.0. The van der Waals surface area contributed by atoms with Crippen LogP contribution >= 0.6 is 23.5 Å². The van der Waals surface area contributed by atoms with E-state index in [2.05, 4.69) is 54.3 Å². The zero-order chi connectivity index (χ0) is 26.1. The number of amides is 1. The fraction of sp³-hybridized carbons (Fsp3) is 0.161. The molecule has 1 fully saturated rings. The first-order valence-corrected chi connectivity index (χ1v) is 14.3. The van der Waals surface area contributed by atoms with Gasteiger partial charge in [0.25, 0.3) is 5.91 Å². The Bertz CT molecular complexity index is 1580. The Hall–Kier alpha value is -3.68. The first-order chi connectivity index (χ1) is 18.6. The molecule has 0 unspecified atom stereocenters. The van der Waals surface area contributed by atoms with E-state index in [9.17, 15) is 4.79 Å². The van der Waals surface area contributed by atoms with Gasteiger partial charge in [0.1, 0.15) is 15.7 Å². The highest BCUT2D eigenvalue weighted by molar-refractivity contribution is 8.19. The molecule has 0 spiro atoms. The van der Waals surface area contributed by atoms with Crippen LogP contribution < -0.4 is 9.64 Å². The minimum Gasteiger partial charge on any atom is -0.497 e. The third-order valence-corrected chi connectivity index (χ3v) is 9.09. The molecule has 2 heterocycles. The number of nitrogens with zero attached hydrogens (tertiary/aromatic N) is 3. The fourth-order valence-corrected chi connectivity index (χ4v) is 7.13. The predicted octanol–water partition coefficient (Wildman–Crippen LogP) is 7.46. The van der Waals surface area contributed by atoms with Crippen LogP contribution in [0.4, 0.5) is 11.4 Å². The summed E-state index contributed by atoms with van der Waals surface area (Å²) in [6.07, 6.45) is 0.758. The van der Waals surface area contributed by atoms with Gasteiger partial charge < -0.3 is 9.64 Å². The van der Waals surface area contributed by atoms with Crippen LogP contribution in [-0.2, 0) is 11.2 Å². The molecule has 7 heteroatoms. The molecular weight excluding hydrogens is 510 g/mol. The Kier molecular flexibility index (Phi) is 6.87. The van der Waals surface area contributed by atoms with E-state index in [1.807, 2.05) is 53.4 Å². The molecule has 5 nitrogen and oxygen atoms in total. The highest BCUT2D eigenvalue weighted by Crippen LogP contribution is 2.51. The standard InChI is InChI=1S/C31H27N3O2S2/c1-3-33-26-20-25(36-2)15-16-27(26)37-30(33)28-29(35)34(18-17-21-9-5-4-6-10-21)31(38-28)32-24-14-13-22-11-7-8-12-23(22)19-24/h4-16,19-20H,3,17-18H2,1-2H3/b30-28-,32-31?. The van der Waals surface area contributed by atoms with Crippen LogP contribution in [0.5, 0.6) is 5.75 Å². The average Bonchev–Trinajstić information content (AvgIpc) is 3.48. The quantitative estimate of drug-likeness (QED) is 0.239. The van der Waals surface area contributed by atoms with Crippen molar-refractivity contribution < 1.29 is 9.53 Å². The van der Waals surface area contributed by atoms with Crippen LogP contribution in [0.2, 0.25) is 0 Å². The number of carbonyl (C=O) groups is 1. The Morgan fingerprint density at radius 3 is 2.42 bits per heavy atom. The number of benzene rings is 4. The number of anilines is 1. The molecule has 1 amide bonds.